The van der Waals surface area contributed by atoms with E-state index >= 15 is 0 Å². The summed E-state index contributed by atoms with van der Waals surface area (Å²) in [7, 11) is 1.47. The summed E-state index contributed by atoms with van der Waals surface area (Å²) in [6.45, 7) is 1.88. The van der Waals surface area contributed by atoms with Gasteiger partial charge in [-0.05, 0) is 48.3 Å². The molecule has 0 spiro atoms. The van der Waals surface area contributed by atoms with Crippen LogP contribution in [0.15, 0.2) is 35.9 Å². The smallest absolute Gasteiger partial charge is 0.181 e. The molecule has 1 aromatic carbocycles. The summed E-state index contributed by atoms with van der Waals surface area (Å²) in [5.41, 5.74) is 6.93. The minimum atomic E-state index is -1.08. The van der Waals surface area contributed by atoms with Crippen LogP contribution in [0.25, 0.3) is 6.08 Å². The van der Waals surface area contributed by atoms with Crippen molar-refractivity contribution in [3.05, 3.63) is 41.5 Å². The third-order valence-electron chi connectivity index (χ3n) is 6.02. The van der Waals surface area contributed by atoms with Crippen molar-refractivity contribution >= 4 is 11.9 Å². The highest BCUT2D eigenvalue weighted by Crippen LogP contribution is 2.27. The molecule has 1 rings (SSSR count). The summed E-state index contributed by atoms with van der Waals surface area (Å²) in [6, 6.07) is 4.01. The van der Waals surface area contributed by atoms with E-state index in [1.54, 1.807) is 18.2 Å². The number of hydrogen-bond acceptors (Lipinski definition) is 6. The summed E-state index contributed by atoms with van der Waals surface area (Å²) in [6.07, 6.45) is 17.5. The average Bonchev–Trinajstić information content (AvgIpc) is 2.85. The molecule has 0 radical (unpaired) electrons. The summed E-state index contributed by atoms with van der Waals surface area (Å²) < 4.78 is 5.10. The fourth-order valence-corrected chi connectivity index (χ4v) is 3.78. The van der Waals surface area contributed by atoms with E-state index in [4.69, 9.17) is 10.5 Å². The van der Waals surface area contributed by atoms with Crippen molar-refractivity contribution in [2.75, 3.05) is 13.7 Å². The molecule has 34 heavy (non-hydrogen) atoms. The lowest BCUT2D eigenvalue weighted by Crippen LogP contribution is -2.37. The Morgan fingerprint density at radius 3 is 2.18 bits per heavy atom. The number of carbonyl (C=O) groups excluding carboxylic acids is 1. The van der Waals surface area contributed by atoms with Crippen LogP contribution >= 0.6 is 0 Å². The molecule has 1 aromatic rings. The molecule has 5 N–H and O–H groups in total. The molecule has 0 amide bonds. The second-order valence-corrected chi connectivity index (χ2v) is 8.94. The second-order valence-electron chi connectivity index (χ2n) is 8.94. The number of unbranched alkanes of at least 4 members (excludes halogenated alkanes) is 10. The van der Waals surface area contributed by atoms with Gasteiger partial charge in [-0.15, -0.1) is 0 Å². The van der Waals surface area contributed by atoms with Crippen LogP contribution in [0.4, 0.5) is 0 Å². The Morgan fingerprint density at radius 1 is 1.03 bits per heavy atom. The van der Waals surface area contributed by atoms with Gasteiger partial charge in [0.15, 0.2) is 17.3 Å². The highest BCUT2D eigenvalue weighted by atomic mass is 16.5. The number of hydrogen-bond donors (Lipinski definition) is 4. The van der Waals surface area contributed by atoms with Gasteiger partial charge in [0, 0.05) is 0 Å². The van der Waals surface area contributed by atoms with Gasteiger partial charge in [-0.2, -0.15) is 0 Å². The van der Waals surface area contributed by atoms with E-state index in [0.717, 1.165) is 19.3 Å². The van der Waals surface area contributed by atoms with Crippen molar-refractivity contribution in [1.29, 1.82) is 0 Å². The van der Waals surface area contributed by atoms with Gasteiger partial charge in [-0.1, -0.05) is 83.3 Å². The van der Waals surface area contributed by atoms with Gasteiger partial charge in [0.2, 0.25) is 0 Å². The Labute approximate surface area is 205 Å². The Balaban J connectivity index is 2.58. The second kappa shape index (κ2) is 18.2. The van der Waals surface area contributed by atoms with Crippen LogP contribution in [-0.2, 0) is 4.79 Å². The number of phenols is 1. The first-order valence-electron chi connectivity index (χ1n) is 12.8. The number of aliphatic hydroxyl groups excluding tert-OH is 2. The lowest BCUT2D eigenvalue weighted by Gasteiger charge is -2.14. The molecule has 0 unspecified atom stereocenters. The molecule has 0 saturated heterocycles. The number of carbonyl (C=O) groups is 1. The predicted molar refractivity (Wildman–Crippen MR) is 139 cm³/mol. The number of rotatable bonds is 19. The Kier molecular flexibility index (Phi) is 16.0. The van der Waals surface area contributed by atoms with Crippen molar-refractivity contribution in [2.45, 2.75) is 96.1 Å². The van der Waals surface area contributed by atoms with E-state index < -0.39 is 12.1 Å². The third kappa shape index (κ3) is 12.4. The van der Waals surface area contributed by atoms with Crippen molar-refractivity contribution in [3.63, 3.8) is 0 Å². The maximum atomic E-state index is 12.8. The van der Waals surface area contributed by atoms with E-state index in [-0.39, 0.29) is 18.1 Å². The number of allylic oxidation sites excluding steroid dienone is 2. The van der Waals surface area contributed by atoms with Crippen molar-refractivity contribution in [1.82, 2.24) is 0 Å². The Morgan fingerprint density at radius 2 is 1.62 bits per heavy atom. The maximum absolute atomic E-state index is 12.8. The molecular formula is C28H45NO5. The molecule has 0 bridgehead atoms. The monoisotopic (exact) mass is 475 g/mol. The molecule has 0 fully saturated rings. The number of nitrogens with two attached hydrogens (primary N) is 1. The summed E-state index contributed by atoms with van der Waals surface area (Å²) >= 11 is 0. The number of phenolic OH excluding ortho intramolecular Hbond substituents is 1. The lowest BCUT2D eigenvalue weighted by atomic mass is 9.98. The molecule has 0 saturated carbocycles. The van der Waals surface area contributed by atoms with Crippen LogP contribution in [0.1, 0.15) is 89.5 Å². The SMILES string of the molecule is CCCCCCCCCCCCC/C(=C/[C@@H](O)[C@@H](N)CO)C(=O)/C=C/c1ccc(O)c(OC)c1. The predicted octanol–water partition coefficient (Wildman–Crippen LogP) is 5.29. The first-order valence-corrected chi connectivity index (χ1v) is 12.8. The standard InChI is InChI=1S/C28H45NO5/c1-3-4-5-6-7-8-9-10-11-12-13-14-23(20-27(33)24(29)21-30)25(31)17-15-22-16-18-26(32)28(19-22)34-2/h15-20,24,27,30,32-33H,3-14,21,29H2,1-2H3/b17-15+,23-20-/t24-,27+/m0/s1. The van der Waals surface area contributed by atoms with Gasteiger partial charge in [-0.25, -0.2) is 0 Å². The van der Waals surface area contributed by atoms with Gasteiger partial charge < -0.3 is 25.8 Å². The molecule has 0 aliphatic heterocycles. The molecule has 0 heterocycles. The first-order chi connectivity index (χ1) is 16.4. The quantitative estimate of drug-likeness (QED) is 0.160. The highest BCUT2D eigenvalue weighted by molar-refractivity contribution is 6.06. The largest absolute Gasteiger partial charge is 0.504 e. The van der Waals surface area contributed by atoms with Gasteiger partial charge in [0.1, 0.15) is 0 Å². The van der Waals surface area contributed by atoms with E-state index in [2.05, 4.69) is 6.92 Å². The number of methoxy groups -OCH3 is 1. The maximum Gasteiger partial charge on any atom is 0.181 e. The summed E-state index contributed by atoms with van der Waals surface area (Å²) in [5.74, 6) is 0.156. The zero-order chi connectivity index (χ0) is 25.2. The summed E-state index contributed by atoms with van der Waals surface area (Å²) in [5, 5.41) is 29.2. The van der Waals surface area contributed by atoms with E-state index in [0.29, 0.717) is 23.3 Å². The molecule has 6 heteroatoms. The molecule has 0 aliphatic carbocycles. The van der Waals surface area contributed by atoms with Crippen molar-refractivity contribution in [3.8, 4) is 11.5 Å². The van der Waals surface area contributed by atoms with Gasteiger partial charge in [0.05, 0.1) is 25.9 Å². The summed E-state index contributed by atoms with van der Waals surface area (Å²) in [4.78, 5) is 12.8. The third-order valence-corrected chi connectivity index (χ3v) is 6.02. The lowest BCUT2D eigenvalue weighted by molar-refractivity contribution is -0.111. The molecule has 0 aromatic heterocycles. The molecule has 192 valence electrons. The van der Waals surface area contributed by atoms with Crippen LogP contribution in [0.5, 0.6) is 11.5 Å². The number of ether oxygens (including phenoxy) is 1. The number of aliphatic hydroxyl groups is 2. The Bertz CT molecular complexity index is 759. The molecule has 0 aliphatic rings. The van der Waals surface area contributed by atoms with Crippen LogP contribution in [0.2, 0.25) is 0 Å². The number of benzene rings is 1. The van der Waals surface area contributed by atoms with Crippen LogP contribution in [0.3, 0.4) is 0 Å². The molecule has 2 atom stereocenters. The van der Waals surface area contributed by atoms with Crippen LogP contribution < -0.4 is 10.5 Å². The van der Waals surface area contributed by atoms with Crippen LogP contribution in [-0.4, -0.2) is 47.0 Å². The minimum Gasteiger partial charge on any atom is -0.504 e. The van der Waals surface area contributed by atoms with E-state index in [9.17, 15) is 20.1 Å². The molecule has 6 nitrogen and oxygen atoms in total. The molecular weight excluding hydrogens is 430 g/mol. The van der Waals surface area contributed by atoms with Gasteiger partial charge in [0.25, 0.3) is 0 Å². The number of ketones is 1. The minimum absolute atomic E-state index is 0.0316. The topological polar surface area (TPSA) is 113 Å². The Hall–Kier alpha value is -2.15. The van der Waals surface area contributed by atoms with Crippen molar-refractivity contribution < 1.29 is 24.9 Å². The fraction of sp³-hybridized carbons (Fsp3) is 0.607. The van der Waals surface area contributed by atoms with Gasteiger partial charge in [-0.3, -0.25) is 4.79 Å². The van der Waals surface area contributed by atoms with Crippen LogP contribution in [0, 0.1) is 0 Å². The zero-order valence-electron chi connectivity index (χ0n) is 21.0. The van der Waals surface area contributed by atoms with Gasteiger partial charge >= 0.3 is 0 Å². The van der Waals surface area contributed by atoms with E-state index in [1.807, 2.05) is 0 Å². The van der Waals surface area contributed by atoms with Crippen molar-refractivity contribution in [2.24, 2.45) is 5.73 Å². The first kappa shape index (κ1) is 29.9. The normalized spacial score (nSPS) is 13.9. The average molecular weight is 476 g/mol. The highest BCUT2D eigenvalue weighted by Gasteiger charge is 2.15. The number of aromatic hydroxyl groups is 1. The fourth-order valence-electron chi connectivity index (χ4n) is 3.78. The van der Waals surface area contributed by atoms with E-state index in [1.165, 1.54) is 76.7 Å². The zero-order valence-corrected chi connectivity index (χ0v) is 21.0.